The molecule has 0 spiro atoms. The summed E-state index contributed by atoms with van der Waals surface area (Å²) in [6.07, 6.45) is -4.58. The standard InChI is InChI=1S/C9H17NO6/c1-2-7(14)10-5(3-11)8(15)9(16)6(13)4-12/h3,5-6,8-9,12-13,15-16H,2,4H2,1H3,(H,10,14)/t5-,6-,8+,9-/m0/s1. The Morgan fingerprint density at radius 3 is 2.25 bits per heavy atom. The van der Waals surface area contributed by atoms with Crippen molar-refractivity contribution >= 4 is 12.2 Å². The third kappa shape index (κ3) is 4.23. The molecular formula is C9H17NO6. The van der Waals surface area contributed by atoms with Crippen LogP contribution in [0.1, 0.15) is 13.3 Å². The lowest BCUT2D eigenvalue weighted by Gasteiger charge is -2.26. The van der Waals surface area contributed by atoms with Crippen LogP contribution in [0.2, 0.25) is 0 Å². The van der Waals surface area contributed by atoms with Gasteiger partial charge in [0, 0.05) is 6.42 Å². The zero-order valence-electron chi connectivity index (χ0n) is 8.91. The third-order valence-electron chi connectivity index (χ3n) is 2.09. The molecule has 0 heterocycles. The molecule has 0 aromatic heterocycles. The van der Waals surface area contributed by atoms with E-state index in [0.29, 0.717) is 0 Å². The van der Waals surface area contributed by atoms with Crippen molar-refractivity contribution in [1.29, 1.82) is 0 Å². The molecule has 0 bridgehead atoms. The van der Waals surface area contributed by atoms with Crippen molar-refractivity contribution < 1.29 is 30.0 Å². The molecule has 5 N–H and O–H groups in total. The van der Waals surface area contributed by atoms with Gasteiger partial charge in [-0.05, 0) is 0 Å². The summed E-state index contributed by atoms with van der Waals surface area (Å²) >= 11 is 0. The van der Waals surface area contributed by atoms with E-state index in [2.05, 4.69) is 5.32 Å². The molecule has 7 heteroatoms. The largest absolute Gasteiger partial charge is 0.394 e. The summed E-state index contributed by atoms with van der Waals surface area (Å²) in [6, 6.07) is -1.32. The summed E-state index contributed by atoms with van der Waals surface area (Å²) in [5.74, 6) is -0.471. The molecule has 0 radical (unpaired) electrons. The molecule has 0 fully saturated rings. The molecular weight excluding hydrogens is 218 g/mol. The minimum absolute atomic E-state index is 0.121. The number of amides is 1. The van der Waals surface area contributed by atoms with Crippen LogP contribution in [0.3, 0.4) is 0 Å². The van der Waals surface area contributed by atoms with E-state index in [-0.39, 0.29) is 12.7 Å². The summed E-state index contributed by atoms with van der Waals surface area (Å²) in [7, 11) is 0. The van der Waals surface area contributed by atoms with E-state index >= 15 is 0 Å². The summed E-state index contributed by atoms with van der Waals surface area (Å²) in [6.45, 7) is 0.800. The summed E-state index contributed by atoms with van der Waals surface area (Å²) < 4.78 is 0. The topological polar surface area (TPSA) is 127 Å². The van der Waals surface area contributed by atoms with Crippen LogP contribution in [-0.4, -0.2) is 63.6 Å². The predicted octanol–water partition coefficient (Wildman–Crippen LogP) is -2.84. The molecule has 0 aromatic rings. The number of aldehydes is 1. The Kier molecular flexibility index (Phi) is 6.82. The van der Waals surface area contributed by atoms with Crippen LogP contribution in [-0.2, 0) is 9.59 Å². The maximum absolute atomic E-state index is 11.0. The molecule has 1 amide bonds. The molecule has 16 heavy (non-hydrogen) atoms. The second-order valence-electron chi connectivity index (χ2n) is 3.31. The molecule has 7 nitrogen and oxygen atoms in total. The minimum Gasteiger partial charge on any atom is -0.394 e. The summed E-state index contributed by atoms with van der Waals surface area (Å²) in [4.78, 5) is 21.6. The fraction of sp³-hybridized carbons (Fsp3) is 0.778. The van der Waals surface area contributed by atoms with Crippen LogP contribution in [0.5, 0.6) is 0 Å². The summed E-state index contributed by atoms with van der Waals surface area (Å²) in [5, 5.41) is 38.5. The van der Waals surface area contributed by atoms with Crippen molar-refractivity contribution in [2.45, 2.75) is 37.7 Å². The van der Waals surface area contributed by atoms with Gasteiger partial charge in [-0.25, -0.2) is 0 Å². The van der Waals surface area contributed by atoms with Gasteiger partial charge in [-0.15, -0.1) is 0 Å². The first kappa shape index (κ1) is 15.0. The molecule has 0 aliphatic carbocycles. The van der Waals surface area contributed by atoms with Crippen LogP contribution in [0.15, 0.2) is 0 Å². The van der Waals surface area contributed by atoms with Gasteiger partial charge in [-0.2, -0.15) is 0 Å². The lowest BCUT2D eigenvalue weighted by atomic mass is 10.0. The van der Waals surface area contributed by atoms with Crippen molar-refractivity contribution in [2.24, 2.45) is 0 Å². The Labute approximate surface area is 92.7 Å². The van der Waals surface area contributed by atoms with Crippen LogP contribution in [0.25, 0.3) is 0 Å². The molecule has 94 valence electrons. The Morgan fingerprint density at radius 2 is 1.88 bits per heavy atom. The Bertz CT molecular complexity index is 234. The lowest BCUT2D eigenvalue weighted by Crippen LogP contribution is -2.53. The first-order valence-electron chi connectivity index (χ1n) is 4.87. The smallest absolute Gasteiger partial charge is 0.220 e. The van der Waals surface area contributed by atoms with E-state index in [1.165, 1.54) is 0 Å². The number of aliphatic hydroxyl groups is 4. The molecule has 0 aliphatic heterocycles. The van der Waals surface area contributed by atoms with Crippen molar-refractivity contribution in [1.82, 2.24) is 5.32 Å². The van der Waals surface area contributed by atoms with Gasteiger partial charge in [0.05, 0.1) is 6.61 Å². The fourth-order valence-corrected chi connectivity index (χ4v) is 1.04. The highest BCUT2D eigenvalue weighted by molar-refractivity contribution is 5.79. The predicted molar refractivity (Wildman–Crippen MR) is 53.4 cm³/mol. The maximum atomic E-state index is 11.0. The van der Waals surface area contributed by atoms with E-state index in [1.807, 2.05) is 0 Å². The molecule has 0 rings (SSSR count). The second-order valence-corrected chi connectivity index (χ2v) is 3.31. The van der Waals surface area contributed by atoms with Gasteiger partial charge >= 0.3 is 0 Å². The van der Waals surface area contributed by atoms with Crippen molar-refractivity contribution in [3.63, 3.8) is 0 Å². The Balaban J connectivity index is 4.45. The normalized spacial score (nSPS) is 18.3. The average Bonchev–Trinajstić information content (AvgIpc) is 2.32. The monoisotopic (exact) mass is 235 g/mol. The van der Waals surface area contributed by atoms with Crippen molar-refractivity contribution in [3.8, 4) is 0 Å². The molecule has 0 saturated carbocycles. The van der Waals surface area contributed by atoms with E-state index in [0.717, 1.165) is 0 Å². The molecule has 0 aromatic carbocycles. The van der Waals surface area contributed by atoms with Crippen LogP contribution < -0.4 is 5.32 Å². The Hall–Kier alpha value is -1.02. The van der Waals surface area contributed by atoms with Gasteiger partial charge in [-0.1, -0.05) is 6.92 Å². The van der Waals surface area contributed by atoms with Gasteiger partial charge in [0.1, 0.15) is 30.6 Å². The number of carbonyl (C=O) groups excluding carboxylic acids is 2. The van der Waals surface area contributed by atoms with E-state index in [9.17, 15) is 19.8 Å². The number of carbonyl (C=O) groups is 2. The van der Waals surface area contributed by atoms with Crippen LogP contribution >= 0.6 is 0 Å². The number of nitrogens with one attached hydrogen (secondary N) is 1. The number of rotatable bonds is 7. The summed E-state index contributed by atoms with van der Waals surface area (Å²) in [5.41, 5.74) is 0. The quantitative estimate of drug-likeness (QED) is 0.302. The van der Waals surface area contributed by atoms with Crippen LogP contribution in [0.4, 0.5) is 0 Å². The van der Waals surface area contributed by atoms with Gasteiger partial charge < -0.3 is 30.5 Å². The van der Waals surface area contributed by atoms with E-state index in [1.54, 1.807) is 6.92 Å². The molecule has 0 saturated heterocycles. The lowest BCUT2D eigenvalue weighted by molar-refractivity contribution is -0.130. The van der Waals surface area contributed by atoms with Gasteiger partial charge in [0.15, 0.2) is 0 Å². The first-order valence-corrected chi connectivity index (χ1v) is 4.87. The van der Waals surface area contributed by atoms with E-state index < -0.39 is 36.9 Å². The zero-order chi connectivity index (χ0) is 12.7. The Morgan fingerprint density at radius 1 is 1.31 bits per heavy atom. The van der Waals surface area contributed by atoms with Gasteiger partial charge in [0.25, 0.3) is 0 Å². The first-order chi connectivity index (χ1) is 7.47. The maximum Gasteiger partial charge on any atom is 0.220 e. The third-order valence-corrected chi connectivity index (χ3v) is 2.09. The average molecular weight is 235 g/mol. The second kappa shape index (κ2) is 7.29. The number of hydrogen-bond acceptors (Lipinski definition) is 6. The highest BCUT2D eigenvalue weighted by Crippen LogP contribution is 2.04. The highest BCUT2D eigenvalue weighted by atomic mass is 16.4. The number of hydrogen-bond donors (Lipinski definition) is 5. The zero-order valence-corrected chi connectivity index (χ0v) is 8.91. The van der Waals surface area contributed by atoms with Gasteiger partial charge in [0.2, 0.25) is 5.91 Å². The highest BCUT2D eigenvalue weighted by Gasteiger charge is 2.31. The van der Waals surface area contributed by atoms with Crippen molar-refractivity contribution in [2.75, 3.05) is 6.61 Å². The fourth-order valence-electron chi connectivity index (χ4n) is 1.04. The number of aliphatic hydroxyl groups excluding tert-OH is 4. The SMILES string of the molecule is CCC(=O)N[C@@H](C=O)[C@@H](O)[C@@H](O)[C@@H](O)CO. The molecule has 4 atom stereocenters. The molecule has 0 unspecified atom stereocenters. The van der Waals surface area contributed by atoms with Crippen LogP contribution in [0, 0.1) is 0 Å². The van der Waals surface area contributed by atoms with Gasteiger partial charge in [-0.3, -0.25) is 4.79 Å². The molecule has 0 aliphatic rings. The minimum atomic E-state index is -1.71. The van der Waals surface area contributed by atoms with Crippen molar-refractivity contribution in [3.05, 3.63) is 0 Å². The van der Waals surface area contributed by atoms with E-state index in [4.69, 9.17) is 10.2 Å².